The maximum atomic E-state index is 11.2. The fourth-order valence-corrected chi connectivity index (χ4v) is 3.90. The normalized spacial score (nSPS) is 10.8. The van der Waals surface area contributed by atoms with Gasteiger partial charge in [-0.15, -0.1) is 21.5 Å². The third-order valence-corrected chi connectivity index (χ3v) is 5.41. The summed E-state index contributed by atoms with van der Waals surface area (Å²) in [6.07, 6.45) is 0.254. The van der Waals surface area contributed by atoms with Crippen molar-refractivity contribution in [3.63, 3.8) is 0 Å². The summed E-state index contributed by atoms with van der Waals surface area (Å²) < 4.78 is 7.73. The summed E-state index contributed by atoms with van der Waals surface area (Å²) in [5.74, 6) is 2.02. The van der Waals surface area contributed by atoms with E-state index < -0.39 is 0 Å². The average Bonchev–Trinajstić information content (AvgIpc) is 3.26. The molecule has 0 atom stereocenters. The first-order valence-electron chi connectivity index (χ1n) is 8.21. The van der Waals surface area contributed by atoms with E-state index in [4.69, 9.17) is 10.5 Å². The number of carbonyl (C=O) groups is 1. The Bertz CT molecular complexity index is 862. The predicted molar refractivity (Wildman–Crippen MR) is 105 cm³/mol. The molecular formula is C18H20N4O2S2. The quantitative estimate of drug-likeness (QED) is 0.449. The Balaban J connectivity index is 1.64. The van der Waals surface area contributed by atoms with E-state index in [1.807, 2.05) is 53.3 Å². The second-order valence-electron chi connectivity index (χ2n) is 5.66. The maximum absolute atomic E-state index is 11.2. The van der Waals surface area contributed by atoms with Gasteiger partial charge in [-0.2, -0.15) is 0 Å². The van der Waals surface area contributed by atoms with Crippen LogP contribution >= 0.6 is 23.1 Å². The van der Waals surface area contributed by atoms with Gasteiger partial charge < -0.3 is 15.0 Å². The zero-order chi connectivity index (χ0) is 18.4. The Kier molecular flexibility index (Phi) is 6.30. The lowest BCUT2D eigenvalue weighted by Crippen LogP contribution is -2.15. The smallest absolute Gasteiger partial charge is 0.219 e. The van der Waals surface area contributed by atoms with Crippen molar-refractivity contribution in [3.8, 4) is 16.5 Å². The van der Waals surface area contributed by atoms with Crippen LogP contribution in [0.5, 0.6) is 5.75 Å². The summed E-state index contributed by atoms with van der Waals surface area (Å²) in [5, 5.41) is 11.3. The lowest BCUT2D eigenvalue weighted by atomic mass is 10.2. The molecule has 0 radical (unpaired) electrons. The standard InChI is InChI=1S/C18H20N4O2S2/c1-13-4-2-5-14(12-13)24-9-11-26-18-21-20-17(15-6-3-10-25-15)22(18)8-7-16(19)23/h2-6,10,12H,7-9,11H2,1H3,(H2,19,23). The first kappa shape index (κ1) is 18.5. The summed E-state index contributed by atoms with van der Waals surface area (Å²) in [7, 11) is 0. The number of thioether (sulfide) groups is 1. The lowest BCUT2D eigenvalue weighted by molar-refractivity contribution is -0.118. The van der Waals surface area contributed by atoms with Crippen LogP contribution in [0.2, 0.25) is 0 Å². The van der Waals surface area contributed by atoms with Gasteiger partial charge in [-0.05, 0) is 36.1 Å². The Morgan fingerprint density at radius 2 is 2.19 bits per heavy atom. The minimum Gasteiger partial charge on any atom is -0.493 e. The first-order valence-corrected chi connectivity index (χ1v) is 10.1. The van der Waals surface area contributed by atoms with Crippen LogP contribution in [0.15, 0.2) is 46.9 Å². The van der Waals surface area contributed by atoms with E-state index in [0.717, 1.165) is 27.4 Å². The Labute approximate surface area is 160 Å². The number of nitrogens with zero attached hydrogens (tertiary/aromatic N) is 3. The van der Waals surface area contributed by atoms with E-state index in [2.05, 4.69) is 10.2 Å². The molecule has 0 spiro atoms. The molecule has 0 saturated heterocycles. The van der Waals surface area contributed by atoms with Gasteiger partial charge >= 0.3 is 0 Å². The van der Waals surface area contributed by atoms with Crippen molar-refractivity contribution in [1.29, 1.82) is 0 Å². The van der Waals surface area contributed by atoms with E-state index >= 15 is 0 Å². The number of rotatable bonds is 9. The highest BCUT2D eigenvalue weighted by Gasteiger charge is 2.15. The molecule has 0 saturated carbocycles. The lowest BCUT2D eigenvalue weighted by Gasteiger charge is -2.09. The Morgan fingerprint density at radius 1 is 1.31 bits per heavy atom. The van der Waals surface area contributed by atoms with Crippen molar-refractivity contribution in [3.05, 3.63) is 47.3 Å². The third-order valence-electron chi connectivity index (χ3n) is 3.61. The van der Waals surface area contributed by atoms with Gasteiger partial charge in [0.1, 0.15) is 5.75 Å². The largest absolute Gasteiger partial charge is 0.493 e. The van der Waals surface area contributed by atoms with Gasteiger partial charge in [-0.3, -0.25) is 4.79 Å². The van der Waals surface area contributed by atoms with Crippen molar-refractivity contribution >= 4 is 29.0 Å². The number of hydrogen-bond acceptors (Lipinski definition) is 6. The molecule has 0 aliphatic rings. The van der Waals surface area contributed by atoms with Crippen LogP contribution in [-0.4, -0.2) is 33.0 Å². The van der Waals surface area contributed by atoms with Crippen LogP contribution < -0.4 is 10.5 Å². The number of aromatic nitrogens is 3. The number of hydrogen-bond donors (Lipinski definition) is 1. The highest BCUT2D eigenvalue weighted by Crippen LogP contribution is 2.27. The minimum atomic E-state index is -0.338. The average molecular weight is 389 g/mol. The highest BCUT2D eigenvalue weighted by molar-refractivity contribution is 7.99. The van der Waals surface area contributed by atoms with E-state index in [1.54, 1.807) is 23.1 Å². The molecule has 8 heteroatoms. The van der Waals surface area contributed by atoms with Gasteiger partial charge in [-0.1, -0.05) is 30.0 Å². The molecule has 1 amide bonds. The summed E-state index contributed by atoms with van der Waals surface area (Å²) in [6.45, 7) is 3.07. The van der Waals surface area contributed by atoms with Gasteiger partial charge in [-0.25, -0.2) is 0 Å². The van der Waals surface area contributed by atoms with Crippen molar-refractivity contribution < 1.29 is 9.53 Å². The molecule has 0 aliphatic heterocycles. The van der Waals surface area contributed by atoms with Gasteiger partial charge in [0.2, 0.25) is 5.91 Å². The SMILES string of the molecule is Cc1cccc(OCCSc2nnc(-c3cccs3)n2CCC(N)=O)c1. The molecule has 26 heavy (non-hydrogen) atoms. The van der Waals surface area contributed by atoms with Crippen LogP contribution in [0.25, 0.3) is 10.7 Å². The summed E-state index contributed by atoms with van der Waals surface area (Å²) >= 11 is 3.15. The van der Waals surface area contributed by atoms with Crippen molar-refractivity contribution in [1.82, 2.24) is 14.8 Å². The molecule has 2 aromatic heterocycles. The molecular weight excluding hydrogens is 368 g/mol. The molecule has 2 heterocycles. The molecule has 1 aromatic carbocycles. The van der Waals surface area contributed by atoms with Gasteiger partial charge in [0.05, 0.1) is 11.5 Å². The van der Waals surface area contributed by atoms with Crippen LogP contribution in [0.3, 0.4) is 0 Å². The van der Waals surface area contributed by atoms with E-state index in [0.29, 0.717) is 13.2 Å². The molecule has 3 aromatic rings. The number of thiophene rings is 1. The molecule has 0 fully saturated rings. The molecule has 2 N–H and O–H groups in total. The summed E-state index contributed by atoms with van der Waals surface area (Å²) in [4.78, 5) is 12.2. The predicted octanol–water partition coefficient (Wildman–Crippen LogP) is 3.36. The summed E-state index contributed by atoms with van der Waals surface area (Å²) in [6, 6.07) is 11.9. The van der Waals surface area contributed by atoms with Crippen LogP contribution in [0.4, 0.5) is 0 Å². The first-order chi connectivity index (χ1) is 12.6. The molecule has 0 bridgehead atoms. The van der Waals surface area contributed by atoms with Gasteiger partial charge in [0.15, 0.2) is 11.0 Å². The second-order valence-corrected chi connectivity index (χ2v) is 7.67. The molecule has 6 nitrogen and oxygen atoms in total. The number of carbonyl (C=O) groups excluding carboxylic acids is 1. The van der Waals surface area contributed by atoms with E-state index in [1.165, 1.54) is 5.56 Å². The molecule has 0 unspecified atom stereocenters. The number of amides is 1. The number of primary amides is 1. The molecule has 0 aliphatic carbocycles. The van der Waals surface area contributed by atoms with E-state index in [-0.39, 0.29) is 12.3 Å². The van der Waals surface area contributed by atoms with Crippen molar-refractivity contribution in [2.45, 2.75) is 25.0 Å². The second kappa shape index (κ2) is 8.86. The topological polar surface area (TPSA) is 83.0 Å². The van der Waals surface area contributed by atoms with Crippen molar-refractivity contribution in [2.24, 2.45) is 5.73 Å². The molecule has 136 valence electrons. The van der Waals surface area contributed by atoms with Crippen LogP contribution in [-0.2, 0) is 11.3 Å². The monoisotopic (exact) mass is 388 g/mol. The van der Waals surface area contributed by atoms with Crippen LogP contribution in [0, 0.1) is 6.92 Å². The van der Waals surface area contributed by atoms with Crippen molar-refractivity contribution in [2.75, 3.05) is 12.4 Å². The molecule has 3 rings (SSSR count). The fraction of sp³-hybridized carbons (Fsp3) is 0.278. The minimum absolute atomic E-state index is 0.254. The third kappa shape index (κ3) is 4.86. The van der Waals surface area contributed by atoms with Gasteiger partial charge in [0, 0.05) is 18.7 Å². The van der Waals surface area contributed by atoms with Crippen LogP contribution in [0.1, 0.15) is 12.0 Å². The number of benzene rings is 1. The number of ether oxygens (including phenoxy) is 1. The van der Waals surface area contributed by atoms with E-state index in [9.17, 15) is 4.79 Å². The highest BCUT2D eigenvalue weighted by atomic mass is 32.2. The number of nitrogens with two attached hydrogens (primary N) is 1. The fourth-order valence-electron chi connectivity index (χ4n) is 2.40. The Hall–Kier alpha value is -2.32. The summed E-state index contributed by atoms with van der Waals surface area (Å²) in [5.41, 5.74) is 6.48. The van der Waals surface area contributed by atoms with Gasteiger partial charge in [0.25, 0.3) is 0 Å². The Morgan fingerprint density at radius 3 is 2.92 bits per heavy atom. The zero-order valence-electron chi connectivity index (χ0n) is 14.4. The maximum Gasteiger partial charge on any atom is 0.219 e. The number of aryl methyl sites for hydroxylation is 1. The zero-order valence-corrected chi connectivity index (χ0v) is 16.1.